The maximum Gasteiger partial charge on any atom is 0.267 e. The number of carbonyl (C=O) groups is 1. The molecule has 0 atom stereocenters. The third kappa shape index (κ3) is 6.09. The van der Waals surface area contributed by atoms with Crippen LogP contribution in [-0.4, -0.2) is 77.2 Å². The van der Waals surface area contributed by atoms with E-state index in [1.54, 1.807) is 12.3 Å². The third-order valence-electron chi connectivity index (χ3n) is 8.08. The predicted octanol–water partition coefficient (Wildman–Crippen LogP) is 4.80. The number of aromatic amines is 1. The molecule has 3 N–H and O–H groups in total. The Bertz CT molecular complexity index is 1430. The van der Waals surface area contributed by atoms with Gasteiger partial charge in [0.2, 0.25) is 0 Å². The molecule has 2 aliphatic rings. The van der Waals surface area contributed by atoms with Crippen LogP contribution in [-0.2, 0) is 6.61 Å². The second-order valence-electron chi connectivity index (χ2n) is 10.8. The SMILES string of the molecule is O=C(NC1CCN(CCN2CCC(O)CC2)CC1)c1cc2c(OCc3coc4cc(Cl)ccc34)cccc2[nH]1. The summed E-state index contributed by atoms with van der Waals surface area (Å²) in [6.07, 6.45) is 5.23. The van der Waals surface area contributed by atoms with Crippen molar-refractivity contribution < 1.29 is 19.1 Å². The smallest absolute Gasteiger partial charge is 0.267 e. The molecule has 2 aliphatic heterocycles. The van der Waals surface area contributed by atoms with E-state index in [-0.39, 0.29) is 18.1 Å². The van der Waals surface area contributed by atoms with Crippen LogP contribution in [0.1, 0.15) is 41.7 Å². The number of carbonyl (C=O) groups excluding carboxylic acids is 1. The summed E-state index contributed by atoms with van der Waals surface area (Å²) in [7, 11) is 0. The molecule has 9 heteroatoms. The Morgan fingerprint density at radius 1 is 1.03 bits per heavy atom. The summed E-state index contributed by atoms with van der Waals surface area (Å²) in [6.45, 7) is 6.39. The summed E-state index contributed by atoms with van der Waals surface area (Å²) in [5.74, 6) is 0.628. The minimum atomic E-state index is -0.125. The molecule has 0 aliphatic carbocycles. The Labute approximate surface area is 232 Å². The fraction of sp³-hybridized carbons (Fsp3) is 0.433. The number of aromatic nitrogens is 1. The lowest BCUT2D eigenvalue weighted by molar-refractivity contribution is 0.0729. The summed E-state index contributed by atoms with van der Waals surface area (Å²) < 4.78 is 11.8. The fourth-order valence-corrected chi connectivity index (χ4v) is 5.85. The molecular weight excluding hydrogens is 516 g/mol. The average Bonchev–Trinajstić information content (AvgIpc) is 3.57. The van der Waals surface area contributed by atoms with E-state index in [1.165, 1.54) is 0 Å². The molecule has 0 radical (unpaired) electrons. The third-order valence-corrected chi connectivity index (χ3v) is 8.32. The zero-order chi connectivity index (χ0) is 26.8. The first-order chi connectivity index (χ1) is 19.0. The van der Waals surface area contributed by atoms with Crippen molar-refractivity contribution in [3.8, 4) is 5.75 Å². The standard InChI is InChI=1S/C30H35ClN4O4/c31-21-4-5-24-20(19-39-29(24)16-21)18-38-28-3-1-2-26-25(28)17-27(33-26)30(37)32-22-6-10-34(11-7-22)14-15-35-12-8-23(36)9-13-35/h1-5,16-17,19,22-23,33,36H,6-15,18H2,(H,32,37). The molecule has 2 saturated heterocycles. The van der Waals surface area contributed by atoms with Gasteiger partial charge in [-0.25, -0.2) is 0 Å². The highest BCUT2D eigenvalue weighted by molar-refractivity contribution is 6.31. The van der Waals surface area contributed by atoms with Gasteiger partial charge in [-0.1, -0.05) is 17.7 Å². The van der Waals surface area contributed by atoms with Crippen molar-refractivity contribution in [3.63, 3.8) is 0 Å². The van der Waals surface area contributed by atoms with Crippen molar-refractivity contribution in [1.82, 2.24) is 20.1 Å². The maximum absolute atomic E-state index is 13.1. The molecule has 0 saturated carbocycles. The largest absolute Gasteiger partial charge is 0.488 e. The lowest BCUT2D eigenvalue weighted by Gasteiger charge is -2.35. The molecule has 39 heavy (non-hydrogen) atoms. The first kappa shape index (κ1) is 26.2. The molecule has 4 heterocycles. The van der Waals surface area contributed by atoms with Gasteiger partial charge in [0.1, 0.15) is 23.6 Å². The zero-order valence-electron chi connectivity index (χ0n) is 22.0. The van der Waals surface area contributed by atoms with E-state index >= 15 is 0 Å². The molecule has 0 unspecified atom stereocenters. The Balaban J connectivity index is 1.02. The molecule has 2 fully saturated rings. The van der Waals surface area contributed by atoms with E-state index in [0.717, 1.165) is 92.4 Å². The second-order valence-corrected chi connectivity index (χ2v) is 11.2. The van der Waals surface area contributed by atoms with Crippen LogP contribution in [0, 0.1) is 0 Å². The van der Waals surface area contributed by atoms with Crippen LogP contribution < -0.4 is 10.1 Å². The number of benzene rings is 2. The minimum absolute atomic E-state index is 0.0832. The van der Waals surface area contributed by atoms with Gasteiger partial charge in [0.05, 0.1) is 12.4 Å². The predicted molar refractivity (Wildman–Crippen MR) is 152 cm³/mol. The highest BCUT2D eigenvalue weighted by atomic mass is 35.5. The number of amides is 1. The maximum atomic E-state index is 13.1. The average molecular weight is 551 g/mol. The summed E-state index contributed by atoms with van der Waals surface area (Å²) in [4.78, 5) is 21.3. The number of H-pyrrole nitrogens is 1. The number of nitrogens with zero attached hydrogens (tertiary/aromatic N) is 2. The number of hydrogen-bond acceptors (Lipinski definition) is 6. The van der Waals surface area contributed by atoms with E-state index in [9.17, 15) is 9.90 Å². The minimum Gasteiger partial charge on any atom is -0.488 e. The first-order valence-electron chi connectivity index (χ1n) is 13.9. The molecule has 2 aromatic carbocycles. The number of rotatable bonds is 8. The molecule has 206 valence electrons. The number of hydrogen-bond donors (Lipinski definition) is 3. The number of nitrogens with one attached hydrogen (secondary N) is 2. The molecular formula is C30H35ClN4O4. The van der Waals surface area contributed by atoms with Gasteiger partial charge >= 0.3 is 0 Å². The van der Waals surface area contributed by atoms with E-state index < -0.39 is 0 Å². The van der Waals surface area contributed by atoms with E-state index in [2.05, 4.69) is 20.1 Å². The van der Waals surface area contributed by atoms with Crippen molar-refractivity contribution in [3.05, 3.63) is 65.0 Å². The molecule has 4 aromatic rings. The Morgan fingerprint density at radius 2 is 1.77 bits per heavy atom. The van der Waals surface area contributed by atoms with Crippen LogP contribution in [0.25, 0.3) is 21.9 Å². The number of aliphatic hydroxyl groups is 1. The van der Waals surface area contributed by atoms with Crippen LogP contribution in [0.3, 0.4) is 0 Å². The van der Waals surface area contributed by atoms with Crippen LogP contribution in [0.4, 0.5) is 0 Å². The molecule has 2 aromatic heterocycles. The molecule has 0 bridgehead atoms. The molecule has 8 nitrogen and oxygen atoms in total. The summed E-state index contributed by atoms with van der Waals surface area (Å²) in [5, 5.41) is 15.4. The summed E-state index contributed by atoms with van der Waals surface area (Å²) in [5.41, 5.74) is 3.07. The number of likely N-dealkylation sites (tertiary alicyclic amines) is 2. The van der Waals surface area contributed by atoms with Gasteiger partial charge in [-0.15, -0.1) is 0 Å². The summed E-state index contributed by atoms with van der Waals surface area (Å²) in [6, 6.07) is 13.4. The van der Waals surface area contributed by atoms with Gasteiger partial charge in [0.25, 0.3) is 5.91 Å². The van der Waals surface area contributed by atoms with Gasteiger partial charge in [-0.2, -0.15) is 0 Å². The second kappa shape index (κ2) is 11.6. The van der Waals surface area contributed by atoms with Gasteiger partial charge in [0.15, 0.2) is 0 Å². The van der Waals surface area contributed by atoms with Gasteiger partial charge in [-0.3, -0.25) is 4.79 Å². The number of fused-ring (bicyclic) bond motifs is 2. The quantitative estimate of drug-likeness (QED) is 0.292. The fourth-order valence-electron chi connectivity index (χ4n) is 5.69. The van der Waals surface area contributed by atoms with Crippen LogP contribution in [0.5, 0.6) is 5.75 Å². The lowest BCUT2D eigenvalue weighted by Crippen LogP contribution is -2.47. The van der Waals surface area contributed by atoms with Crippen molar-refractivity contribution in [2.24, 2.45) is 0 Å². The monoisotopic (exact) mass is 550 g/mol. The Kier molecular flexibility index (Phi) is 7.79. The van der Waals surface area contributed by atoms with Gasteiger partial charge < -0.3 is 34.4 Å². The number of aliphatic hydroxyl groups excluding tert-OH is 1. The van der Waals surface area contributed by atoms with Crippen LogP contribution in [0.15, 0.2) is 53.1 Å². The van der Waals surface area contributed by atoms with E-state index in [1.807, 2.05) is 36.4 Å². The highest BCUT2D eigenvalue weighted by Gasteiger charge is 2.23. The van der Waals surface area contributed by atoms with Crippen LogP contribution >= 0.6 is 11.6 Å². The van der Waals surface area contributed by atoms with Crippen molar-refractivity contribution >= 4 is 39.4 Å². The van der Waals surface area contributed by atoms with Crippen molar-refractivity contribution in [2.45, 2.75) is 44.4 Å². The normalized spacial score (nSPS) is 18.2. The Hall–Kier alpha value is -3.04. The Morgan fingerprint density at radius 3 is 2.54 bits per heavy atom. The van der Waals surface area contributed by atoms with Gasteiger partial charge in [0, 0.05) is 72.2 Å². The lowest BCUT2D eigenvalue weighted by atomic mass is 10.0. The highest BCUT2D eigenvalue weighted by Crippen LogP contribution is 2.30. The topological polar surface area (TPSA) is 94.0 Å². The van der Waals surface area contributed by atoms with Crippen molar-refractivity contribution in [1.29, 1.82) is 0 Å². The first-order valence-corrected chi connectivity index (χ1v) is 14.2. The van der Waals surface area contributed by atoms with E-state index in [4.69, 9.17) is 20.8 Å². The summed E-state index contributed by atoms with van der Waals surface area (Å²) >= 11 is 6.07. The number of piperidine rings is 2. The van der Waals surface area contributed by atoms with Gasteiger partial charge in [-0.05, 0) is 62.1 Å². The molecule has 6 rings (SSSR count). The zero-order valence-corrected chi connectivity index (χ0v) is 22.8. The molecule has 1 amide bonds. The van der Waals surface area contributed by atoms with Crippen LogP contribution in [0.2, 0.25) is 5.02 Å². The number of halogens is 1. The molecule has 0 spiro atoms. The van der Waals surface area contributed by atoms with Crippen molar-refractivity contribution in [2.75, 3.05) is 39.3 Å². The van der Waals surface area contributed by atoms with E-state index in [0.29, 0.717) is 23.1 Å². The number of furan rings is 1. The number of ether oxygens (including phenoxy) is 1.